The molecule has 0 amide bonds. The maximum Gasteiger partial charge on any atom is 0.166 e. The maximum atomic E-state index is 5.42. The molecule has 0 aliphatic carbocycles. The van der Waals surface area contributed by atoms with Crippen LogP contribution in [0, 0.1) is 5.41 Å². The van der Waals surface area contributed by atoms with Crippen LogP contribution in [0.5, 0.6) is 0 Å². The van der Waals surface area contributed by atoms with Gasteiger partial charge in [0.15, 0.2) is 5.11 Å². The lowest BCUT2D eigenvalue weighted by atomic mass is 9.82. The molecule has 124 valence electrons. The molecule has 0 aromatic heterocycles. The Morgan fingerprint density at radius 1 is 1.00 bits per heavy atom. The van der Waals surface area contributed by atoms with E-state index < -0.39 is 0 Å². The van der Waals surface area contributed by atoms with E-state index in [9.17, 15) is 0 Å². The zero-order chi connectivity index (χ0) is 16.8. The molecule has 0 atom stereocenters. The quantitative estimate of drug-likeness (QED) is 0.756. The van der Waals surface area contributed by atoms with Crippen LogP contribution in [0.3, 0.4) is 0 Å². The van der Waals surface area contributed by atoms with Crippen molar-refractivity contribution in [2.24, 2.45) is 5.41 Å². The van der Waals surface area contributed by atoms with Crippen LogP contribution < -0.4 is 10.6 Å². The van der Waals surface area contributed by atoms with Crippen molar-refractivity contribution >= 4 is 17.3 Å². The Kier molecular flexibility index (Phi) is 6.86. The van der Waals surface area contributed by atoms with Crippen LogP contribution in [-0.2, 0) is 12.8 Å². The molecule has 0 spiro atoms. The molecule has 0 aliphatic heterocycles. The van der Waals surface area contributed by atoms with Gasteiger partial charge >= 0.3 is 0 Å². The number of benzene rings is 1. The lowest BCUT2D eigenvalue weighted by Crippen LogP contribution is -2.50. The van der Waals surface area contributed by atoms with Gasteiger partial charge in [-0.1, -0.05) is 52.0 Å². The number of aryl methyl sites for hydroxylation is 1. The summed E-state index contributed by atoms with van der Waals surface area (Å²) < 4.78 is 0. The molecule has 3 heteroatoms. The standard InChI is InChI=1S/C19H32N2S/c1-7-15-8-10-16(11-9-15)12-13-20-17(22)21-19(5,6)14-18(2,3)4/h8-11H,7,12-14H2,1-6H3,(H2,20,21,22). The van der Waals surface area contributed by atoms with Crippen LogP contribution in [0.15, 0.2) is 24.3 Å². The highest BCUT2D eigenvalue weighted by Gasteiger charge is 2.25. The van der Waals surface area contributed by atoms with Gasteiger partial charge in [0, 0.05) is 12.1 Å². The Hall–Kier alpha value is -1.09. The van der Waals surface area contributed by atoms with Crippen molar-refractivity contribution < 1.29 is 0 Å². The first kappa shape index (κ1) is 19.0. The third-order valence-corrected chi connectivity index (χ3v) is 3.80. The first-order valence-electron chi connectivity index (χ1n) is 8.25. The second-order valence-electron chi connectivity index (χ2n) is 7.92. The summed E-state index contributed by atoms with van der Waals surface area (Å²) >= 11 is 5.42. The molecule has 0 saturated carbocycles. The van der Waals surface area contributed by atoms with Crippen molar-refractivity contribution in [1.29, 1.82) is 0 Å². The third kappa shape index (κ3) is 7.79. The van der Waals surface area contributed by atoms with E-state index in [-0.39, 0.29) is 11.0 Å². The van der Waals surface area contributed by atoms with Crippen LogP contribution in [0.1, 0.15) is 59.1 Å². The topological polar surface area (TPSA) is 24.1 Å². The highest BCUT2D eigenvalue weighted by atomic mass is 32.1. The van der Waals surface area contributed by atoms with Gasteiger partial charge in [0.05, 0.1) is 0 Å². The van der Waals surface area contributed by atoms with Crippen molar-refractivity contribution in [2.75, 3.05) is 6.54 Å². The number of rotatable bonds is 6. The lowest BCUT2D eigenvalue weighted by Gasteiger charge is -2.34. The monoisotopic (exact) mass is 320 g/mol. The van der Waals surface area contributed by atoms with E-state index in [2.05, 4.69) is 76.4 Å². The minimum atomic E-state index is 0.00507. The number of hydrogen-bond donors (Lipinski definition) is 2. The summed E-state index contributed by atoms with van der Waals surface area (Å²) in [6.07, 6.45) is 3.15. The van der Waals surface area contributed by atoms with Crippen LogP contribution >= 0.6 is 12.2 Å². The van der Waals surface area contributed by atoms with Crippen LogP contribution in [0.2, 0.25) is 0 Å². The molecule has 0 bridgehead atoms. The summed E-state index contributed by atoms with van der Waals surface area (Å²) in [5.41, 5.74) is 3.03. The number of hydrogen-bond acceptors (Lipinski definition) is 1. The van der Waals surface area contributed by atoms with Gasteiger partial charge in [0.2, 0.25) is 0 Å². The molecule has 0 aliphatic rings. The second-order valence-corrected chi connectivity index (χ2v) is 8.33. The SMILES string of the molecule is CCc1ccc(CCNC(=S)NC(C)(C)CC(C)(C)C)cc1. The van der Waals surface area contributed by atoms with Gasteiger partial charge in [-0.3, -0.25) is 0 Å². The van der Waals surface area contributed by atoms with Gasteiger partial charge in [-0.2, -0.15) is 0 Å². The fraction of sp³-hybridized carbons (Fsp3) is 0.632. The smallest absolute Gasteiger partial charge is 0.166 e. The van der Waals surface area contributed by atoms with Gasteiger partial charge in [-0.15, -0.1) is 0 Å². The van der Waals surface area contributed by atoms with Gasteiger partial charge in [-0.05, 0) is 61.9 Å². The average Bonchev–Trinajstić information content (AvgIpc) is 2.35. The van der Waals surface area contributed by atoms with E-state index in [4.69, 9.17) is 12.2 Å². The molecule has 1 aromatic rings. The summed E-state index contributed by atoms with van der Waals surface area (Å²) in [6.45, 7) is 14.2. The van der Waals surface area contributed by atoms with E-state index in [0.717, 1.165) is 30.9 Å². The van der Waals surface area contributed by atoms with Crippen molar-refractivity contribution in [3.05, 3.63) is 35.4 Å². The minimum Gasteiger partial charge on any atom is -0.362 e. The van der Waals surface area contributed by atoms with Crippen LogP contribution in [0.4, 0.5) is 0 Å². The molecule has 2 N–H and O–H groups in total. The molecule has 0 unspecified atom stereocenters. The van der Waals surface area contributed by atoms with Gasteiger partial charge in [-0.25, -0.2) is 0 Å². The van der Waals surface area contributed by atoms with Gasteiger partial charge in [0.25, 0.3) is 0 Å². The zero-order valence-corrected chi connectivity index (χ0v) is 15.9. The normalized spacial score (nSPS) is 12.1. The number of nitrogens with one attached hydrogen (secondary N) is 2. The molecule has 0 heterocycles. The Bertz CT molecular complexity index is 469. The highest BCUT2D eigenvalue weighted by Crippen LogP contribution is 2.26. The predicted molar refractivity (Wildman–Crippen MR) is 101 cm³/mol. The average molecular weight is 321 g/mol. The Labute approximate surface area is 142 Å². The predicted octanol–water partition coefficient (Wildman–Crippen LogP) is 4.47. The molecule has 22 heavy (non-hydrogen) atoms. The van der Waals surface area contributed by atoms with E-state index in [1.165, 1.54) is 11.1 Å². The van der Waals surface area contributed by atoms with Gasteiger partial charge in [0.1, 0.15) is 0 Å². The molecular weight excluding hydrogens is 288 g/mol. The fourth-order valence-electron chi connectivity index (χ4n) is 2.98. The van der Waals surface area contributed by atoms with E-state index in [0.29, 0.717) is 0 Å². The summed E-state index contributed by atoms with van der Waals surface area (Å²) in [5.74, 6) is 0. The van der Waals surface area contributed by atoms with E-state index >= 15 is 0 Å². The van der Waals surface area contributed by atoms with Crippen molar-refractivity contribution in [3.8, 4) is 0 Å². The molecule has 0 radical (unpaired) electrons. The molecule has 2 nitrogen and oxygen atoms in total. The van der Waals surface area contributed by atoms with Crippen molar-refractivity contribution in [3.63, 3.8) is 0 Å². The first-order chi connectivity index (χ1) is 10.1. The summed E-state index contributed by atoms with van der Waals surface area (Å²) in [4.78, 5) is 0. The summed E-state index contributed by atoms with van der Waals surface area (Å²) in [7, 11) is 0. The Morgan fingerprint density at radius 2 is 1.55 bits per heavy atom. The highest BCUT2D eigenvalue weighted by molar-refractivity contribution is 7.80. The lowest BCUT2D eigenvalue weighted by molar-refractivity contribution is 0.266. The van der Waals surface area contributed by atoms with Gasteiger partial charge < -0.3 is 10.6 Å². The Balaban J connectivity index is 2.36. The molecule has 1 rings (SSSR count). The van der Waals surface area contributed by atoms with Crippen molar-refractivity contribution in [2.45, 2.75) is 66.3 Å². The van der Waals surface area contributed by atoms with Crippen LogP contribution in [-0.4, -0.2) is 17.2 Å². The number of thiocarbonyl (C=S) groups is 1. The summed E-state index contributed by atoms with van der Waals surface area (Å²) in [6, 6.07) is 8.83. The largest absolute Gasteiger partial charge is 0.362 e. The Morgan fingerprint density at radius 3 is 2.05 bits per heavy atom. The zero-order valence-electron chi connectivity index (χ0n) is 15.0. The minimum absolute atomic E-state index is 0.00507. The molecule has 0 fully saturated rings. The third-order valence-electron chi connectivity index (χ3n) is 3.55. The second kappa shape index (κ2) is 7.96. The molecular formula is C19H32N2S. The van der Waals surface area contributed by atoms with E-state index in [1.807, 2.05) is 0 Å². The molecule has 0 saturated heterocycles. The first-order valence-corrected chi connectivity index (χ1v) is 8.66. The maximum absolute atomic E-state index is 5.42. The van der Waals surface area contributed by atoms with E-state index in [1.54, 1.807) is 0 Å². The fourth-order valence-corrected chi connectivity index (χ4v) is 3.36. The molecule has 1 aromatic carbocycles. The van der Waals surface area contributed by atoms with Crippen molar-refractivity contribution in [1.82, 2.24) is 10.6 Å². The van der Waals surface area contributed by atoms with Crippen LogP contribution in [0.25, 0.3) is 0 Å². The summed E-state index contributed by atoms with van der Waals surface area (Å²) in [5, 5.41) is 7.51.